The Hall–Kier alpha value is -1.88. The summed E-state index contributed by atoms with van der Waals surface area (Å²) in [5.41, 5.74) is -2.45. The summed E-state index contributed by atoms with van der Waals surface area (Å²) >= 11 is 0. The van der Waals surface area contributed by atoms with Gasteiger partial charge < -0.3 is 14.6 Å². The van der Waals surface area contributed by atoms with Crippen molar-refractivity contribution in [1.29, 1.82) is 0 Å². The Labute approximate surface area is 160 Å². The second-order valence-electron chi connectivity index (χ2n) is 9.17. The van der Waals surface area contributed by atoms with Gasteiger partial charge >= 0.3 is 11.9 Å². The first-order chi connectivity index (χ1) is 12.7. The average Bonchev–Trinajstić information content (AvgIpc) is 2.64. The lowest BCUT2D eigenvalue weighted by molar-refractivity contribution is -0.302. The quantitative estimate of drug-likeness (QED) is 0.825. The van der Waals surface area contributed by atoms with E-state index in [1.807, 2.05) is 58.0 Å². The van der Waals surface area contributed by atoms with E-state index in [1.165, 1.54) is 0 Å². The van der Waals surface area contributed by atoms with Gasteiger partial charge in [-0.1, -0.05) is 58.0 Å². The molecule has 2 saturated heterocycles. The first kappa shape index (κ1) is 18.5. The zero-order chi connectivity index (χ0) is 19.6. The Bertz CT molecular complexity index is 772. The zero-order valence-corrected chi connectivity index (χ0v) is 16.4. The third-order valence-electron chi connectivity index (χ3n) is 7.00. The number of esters is 2. The molecule has 2 aliphatic heterocycles. The van der Waals surface area contributed by atoms with Gasteiger partial charge in [0.25, 0.3) is 0 Å². The van der Waals surface area contributed by atoms with Gasteiger partial charge in [0.15, 0.2) is 0 Å². The minimum absolute atomic E-state index is 0.0432. The fourth-order valence-corrected chi connectivity index (χ4v) is 5.73. The molecule has 3 fully saturated rings. The van der Waals surface area contributed by atoms with Crippen LogP contribution in [0.3, 0.4) is 0 Å². The average molecular weight is 372 g/mol. The molecule has 0 unspecified atom stereocenters. The topological polar surface area (TPSA) is 72.8 Å². The second kappa shape index (κ2) is 5.81. The highest BCUT2D eigenvalue weighted by Gasteiger charge is 2.78. The first-order valence-corrected chi connectivity index (χ1v) is 9.89. The van der Waals surface area contributed by atoms with E-state index in [2.05, 4.69) is 0 Å². The van der Waals surface area contributed by atoms with Crippen LogP contribution in [-0.2, 0) is 24.7 Å². The van der Waals surface area contributed by atoms with Crippen molar-refractivity contribution in [3.05, 3.63) is 35.9 Å². The number of hydrogen-bond donors (Lipinski definition) is 1. The number of cyclic esters (lactones) is 2. The van der Waals surface area contributed by atoms with E-state index in [9.17, 15) is 14.7 Å². The van der Waals surface area contributed by atoms with Crippen LogP contribution in [0, 0.1) is 22.7 Å². The van der Waals surface area contributed by atoms with Crippen LogP contribution in [0.15, 0.2) is 30.3 Å². The number of aliphatic hydroxyl groups is 1. The maximum absolute atomic E-state index is 13.0. The minimum Gasteiger partial charge on any atom is -0.460 e. The van der Waals surface area contributed by atoms with Crippen LogP contribution in [0.5, 0.6) is 0 Å². The molecule has 1 aromatic carbocycles. The Morgan fingerprint density at radius 1 is 0.926 bits per heavy atom. The van der Waals surface area contributed by atoms with Crippen molar-refractivity contribution < 1.29 is 24.2 Å². The van der Waals surface area contributed by atoms with Crippen molar-refractivity contribution in [3.63, 3.8) is 0 Å². The number of carbonyl (C=O) groups excluding carboxylic acids is 2. The van der Waals surface area contributed by atoms with Gasteiger partial charge in [-0.05, 0) is 36.7 Å². The Morgan fingerprint density at radius 2 is 1.52 bits per heavy atom. The van der Waals surface area contributed by atoms with Crippen LogP contribution < -0.4 is 0 Å². The van der Waals surface area contributed by atoms with Crippen molar-refractivity contribution in [3.8, 4) is 0 Å². The molecule has 146 valence electrons. The summed E-state index contributed by atoms with van der Waals surface area (Å²) in [6.45, 7) is 8.04. The molecule has 5 nitrogen and oxygen atoms in total. The SMILES string of the molecule is CC(C)[C@H]1OC(=O)[C@@]12C[C@]1(CC[C@]2(O)c2ccccc2)C(=O)O[C@H]1C(C)C. The Kier molecular flexibility index (Phi) is 3.97. The predicted molar refractivity (Wildman–Crippen MR) is 98.5 cm³/mol. The smallest absolute Gasteiger partial charge is 0.319 e. The van der Waals surface area contributed by atoms with Gasteiger partial charge in [0, 0.05) is 0 Å². The highest BCUT2D eigenvalue weighted by molar-refractivity contribution is 5.90. The molecule has 0 bridgehead atoms. The first-order valence-electron chi connectivity index (χ1n) is 9.89. The van der Waals surface area contributed by atoms with Gasteiger partial charge in [-0.3, -0.25) is 9.59 Å². The summed E-state index contributed by atoms with van der Waals surface area (Å²) < 4.78 is 11.0. The summed E-state index contributed by atoms with van der Waals surface area (Å²) in [5.74, 6) is -0.426. The summed E-state index contributed by atoms with van der Waals surface area (Å²) in [6.07, 6.45) is 0.500. The molecule has 1 aliphatic carbocycles. The van der Waals surface area contributed by atoms with Gasteiger partial charge in [0.05, 0.1) is 0 Å². The van der Waals surface area contributed by atoms with E-state index in [1.54, 1.807) is 0 Å². The van der Waals surface area contributed by atoms with Crippen LogP contribution >= 0.6 is 0 Å². The van der Waals surface area contributed by atoms with Crippen LogP contribution in [-0.4, -0.2) is 29.3 Å². The van der Waals surface area contributed by atoms with E-state index < -0.39 is 28.5 Å². The van der Waals surface area contributed by atoms with Gasteiger partial charge in [-0.15, -0.1) is 0 Å². The fraction of sp³-hybridized carbons (Fsp3) is 0.636. The van der Waals surface area contributed by atoms with Crippen LogP contribution in [0.25, 0.3) is 0 Å². The van der Waals surface area contributed by atoms with E-state index in [0.29, 0.717) is 12.8 Å². The molecule has 0 amide bonds. The highest BCUT2D eigenvalue weighted by atomic mass is 16.6. The molecule has 0 aromatic heterocycles. The predicted octanol–water partition coefficient (Wildman–Crippen LogP) is 3.19. The van der Waals surface area contributed by atoms with E-state index in [0.717, 1.165) is 5.56 Å². The lowest BCUT2D eigenvalue weighted by atomic mass is 9.45. The third kappa shape index (κ3) is 2.15. The number of benzene rings is 1. The van der Waals surface area contributed by atoms with Crippen LogP contribution in [0.2, 0.25) is 0 Å². The molecule has 4 rings (SSSR count). The molecule has 1 aromatic rings. The monoisotopic (exact) mass is 372 g/mol. The Balaban J connectivity index is 1.84. The molecule has 3 aliphatic rings. The fourth-order valence-electron chi connectivity index (χ4n) is 5.73. The summed E-state index contributed by atoms with van der Waals surface area (Å²) in [4.78, 5) is 25.6. The van der Waals surface area contributed by atoms with E-state index >= 15 is 0 Å². The Morgan fingerprint density at radius 3 is 2.04 bits per heavy atom. The number of ether oxygens (including phenoxy) is 2. The minimum atomic E-state index is -1.35. The second-order valence-corrected chi connectivity index (χ2v) is 9.17. The third-order valence-corrected chi connectivity index (χ3v) is 7.00. The van der Waals surface area contributed by atoms with Gasteiger partial charge in [-0.25, -0.2) is 0 Å². The lowest BCUT2D eigenvalue weighted by Gasteiger charge is -2.65. The van der Waals surface area contributed by atoms with Crippen molar-refractivity contribution in [1.82, 2.24) is 0 Å². The van der Waals surface area contributed by atoms with Gasteiger partial charge in [0.1, 0.15) is 28.6 Å². The zero-order valence-electron chi connectivity index (χ0n) is 16.4. The molecular weight excluding hydrogens is 344 g/mol. The molecule has 0 radical (unpaired) electrons. The molecular formula is C22H28O5. The lowest BCUT2D eigenvalue weighted by Crippen LogP contribution is -2.75. The molecule has 2 heterocycles. The molecule has 1 N–H and O–H groups in total. The maximum atomic E-state index is 13.0. The standard InChI is InChI=1S/C22H28O5/c1-13(2)16-20(18(23)26-16)10-11-22(25,15-8-6-5-7-9-15)21(12-20)17(14(3)4)27-19(21)24/h5-9,13-14,16-17,25H,10-12H2,1-4H3/t16-,17+,20-,21+,22-/m0/s1. The molecule has 5 atom stereocenters. The highest BCUT2D eigenvalue weighted by Crippen LogP contribution is 2.67. The van der Waals surface area contributed by atoms with E-state index in [4.69, 9.17) is 9.47 Å². The van der Waals surface area contributed by atoms with Crippen molar-refractivity contribution in [2.24, 2.45) is 22.7 Å². The normalized spacial score (nSPS) is 40.7. The van der Waals surface area contributed by atoms with Crippen molar-refractivity contribution in [2.45, 2.75) is 64.8 Å². The molecule has 1 saturated carbocycles. The number of carbonyl (C=O) groups is 2. The van der Waals surface area contributed by atoms with Crippen molar-refractivity contribution in [2.75, 3.05) is 0 Å². The summed E-state index contributed by atoms with van der Waals surface area (Å²) in [6, 6.07) is 9.35. The van der Waals surface area contributed by atoms with Gasteiger partial charge in [0.2, 0.25) is 0 Å². The van der Waals surface area contributed by atoms with Crippen LogP contribution in [0.1, 0.15) is 52.5 Å². The largest absolute Gasteiger partial charge is 0.460 e. The summed E-state index contributed by atoms with van der Waals surface area (Å²) in [7, 11) is 0. The number of rotatable bonds is 3. The number of hydrogen-bond acceptors (Lipinski definition) is 5. The van der Waals surface area contributed by atoms with Crippen LogP contribution in [0.4, 0.5) is 0 Å². The summed E-state index contributed by atoms with van der Waals surface area (Å²) in [5, 5.41) is 11.9. The maximum Gasteiger partial charge on any atom is 0.319 e. The molecule has 27 heavy (non-hydrogen) atoms. The molecule has 2 spiro atoms. The molecule has 5 heteroatoms. The van der Waals surface area contributed by atoms with E-state index in [-0.39, 0.29) is 30.3 Å². The van der Waals surface area contributed by atoms with Crippen molar-refractivity contribution >= 4 is 11.9 Å². The van der Waals surface area contributed by atoms with Gasteiger partial charge in [-0.2, -0.15) is 0 Å².